The molecule has 0 aliphatic rings. The van der Waals surface area contributed by atoms with Gasteiger partial charge in [0.1, 0.15) is 5.82 Å². The van der Waals surface area contributed by atoms with Crippen molar-refractivity contribution in [3.63, 3.8) is 0 Å². The zero-order valence-corrected chi connectivity index (χ0v) is 14.6. The van der Waals surface area contributed by atoms with E-state index in [1.165, 1.54) is 43.4 Å². The van der Waals surface area contributed by atoms with Crippen LogP contribution in [-0.4, -0.2) is 35.2 Å². The summed E-state index contributed by atoms with van der Waals surface area (Å²) in [4.78, 5) is 35.7. The Morgan fingerprint density at radius 1 is 1.24 bits per heavy atom. The van der Waals surface area contributed by atoms with Gasteiger partial charge in [-0.1, -0.05) is 0 Å². The fourth-order valence-electron chi connectivity index (χ4n) is 2.03. The third-order valence-electron chi connectivity index (χ3n) is 3.25. The molecule has 0 aliphatic heterocycles. The number of hydrogen-bond acceptors (Lipinski definition) is 4. The molecule has 0 atom stereocenters. The van der Waals surface area contributed by atoms with E-state index in [2.05, 4.69) is 21.2 Å². The van der Waals surface area contributed by atoms with Gasteiger partial charge < -0.3 is 10.2 Å². The van der Waals surface area contributed by atoms with Crippen molar-refractivity contribution >= 4 is 39.1 Å². The minimum absolute atomic E-state index is 0.0898. The van der Waals surface area contributed by atoms with Gasteiger partial charge in [0.05, 0.1) is 15.9 Å². The van der Waals surface area contributed by atoms with E-state index in [9.17, 15) is 24.1 Å². The van der Waals surface area contributed by atoms with Crippen LogP contribution in [0.3, 0.4) is 0 Å². The molecule has 7 nitrogen and oxygen atoms in total. The van der Waals surface area contributed by atoms with Crippen LogP contribution < -0.4 is 5.32 Å². The van der Waals surface area contributed by atoms with Crippen LogP contribution in [0.15, 0.2) is 46.9 Å². The third kappa shape index (κ3) is 4.83. The van der Waals surface area contributed by atoms with Crippen molar-refractivity contribution in [1.29, 1.82) is 0 Å². The van der Waals surface area contributed by atoms with E-state index in [1.807, 2.05) is 0 Å². The molecule has 2 aromatic carbocycles. The molecule has 0 aliphatic carbocycles. The van der Waals surface area contributed by atoms with E-state index in [1.54, 1.807) is 0 Å². The van der Waals surface area contributed by atoms with E-state index in [0.717, 1.165) is 11.0 Å². The number of nitro groups is 1. The highest BCUT2D eigenvalue weighted by atomic mass is 79.9. The van der Waals surface area contributed by atoms with E-state index >= 15 is 0 Å². The number of likely N-dealkylation sites (N-methyl/N-ethyl adjacent to an activating group) is 1. The Kier molecular flexibility index (Phi) is 5.81. The van der Waals surface area contributed by atoms with Gasteiger partial charge in [-0.15, -0.1) is 0 Å². The number of benzene rings is 2. The van der Waals surface area contributed by atoms with Gasteiger partial charge in [-0.05, 0) is 52.3 Å². The molecule has 0 radical (unpaired) electrons. The first-order valence-electron chi connectivity index (χ1n) is 7.02. The summed E-state index contributed by atoms with van der Waals surface area (Å²) in [7, 11) is 1.40. The number of rotatable bonds is 5. The van der Waals surface area contributed by atoms with E-state index in [0.29, 0.717) is 5.69 Å². The maximum absolute atomic E-state index is 12.8. The molecule has 0 aromatic heterocycles. The monoisotopic (exact) mass is 409 g/mol. The van der Waals surface area contributed by atoms with Gasteiger partial charge in [0.15, 0.2) is 0 Å². The minimum atomic E-state index is -0.609. The first kappa shape index (κ1) is 18.5. The molecular formula is C16H13BrFN3O4. The van der Waals surface area contributed by atoms with Crippen LogP contribution in [0.4, 0.5) is 15.8 Å². The lowest BCUT2D eigenvalue weighted by molar-refractivity contribution is -0.385. The predicted octanol–water partition coefficient (Wildman–Crippen LogP) is 3.21. The second kappa shape index (κ2) is 7.84. The summed E-state index contributed by atoms with van der Waals surface area (Å²) in [5.41, 5.74) is 0.244. The van der Waals surface area contributed by atoms with Gasteiger partial charge in [0.2, 0.25) is 5.91 Å². The van der Waals surface area contributed by atoms with E-state index in [4.69, 9.17) is 0 Å². The Morgan fingerprint density at radius 2 is 1.88 bits per heavy atom. The number of anilines is 1. The van der Waals surface area contributed by atoms with Gasteiger partial charge in [0, 0.05) is 24.4 Å². The highest BCUT2D eigenvalue weighted by Gasteiger charge is 2.19. The Morgan fingerprint density at radius 3 is 2.48 bits per heavy atom. The van der Waals surface area contributed by atoms with E-state index < -0.39 is 22.6 Å². The SMILES string of the molecule is CN(CC(=O)Nc1ccc(F)cc1)C(=O)c1ccc(Br)c([N+](=O)[O-])c1. The maximum atomic E-state index is 12.8. The van der Waals surface area contributed by atoms with Crippen molar-refractivity contribution in [3.8, 4) is 0 Å². The van der Waals surface area contributed by atoms with Gasteiger partial charge in [-0.2, -0.15) is 0 Å². The van der Waals surface area contributed by atoms with Crippen LogP contribution in [0, 0.1) is 15.9 Å². The number of carbonyl (C=O) groups excluding carboxylic acids is 2. The van der Waals surface area contributed by atoms with Crippen molar-refractivity contribution in [3.05, 3.63) is 68.4 Å². The normalized spacial score (nSPS) is 10.2. The second-order valence-corrected chi connectivity index (χ2v) is 5.99. The molecule has 25 heavy (non-hydrogen) atoms. The van der Waals surface area contributed by atoms with Crippen LogP contribution in [-0.2, 0) is 4.79 Å². The van der Waals surface area contributed by atoms with Crippen molar-refractivity contribution in [2.45, 2.75) is 0 Å². The molecule has 1 N–H and O–H groups in total. The Hall–Kier alpha value is -2.81. The first-order valence-corrected chi connectivity index (χ1v) is 7.82. The molecule has 0 saturated heterocycles. The highest BCUT2D eigenvalue weighted by Crippen LogP contribution is 2.26. The smallest absolute Gasteiger partial charge is 0.284 e. The van der Waals surface area contributed by atoms with Crippen LogP contribution in [0.5, 0.6) is 0 Å². The molecule has 0 heterocycles. The molecular weight excluding hydrogens is 397 g/mol. The topological polar surface area (TPSA) is 92.6 Å². The summed E-state index contributed by atoms with van der Waals surface area (Å²) in [6, 6.07) is 9.16. The number of nitrogens with one attached hydrogen (secondary N) is 1. The van der Waals surface area contributed by atoms with Crippen LogP contribution in [0.25, 0.3) is 0 Å². The molecule has 9 heteroatoms. The molecule has 2 amide bonds. The molecule has 0 fully saturated rings. The molecule has 0 bridgehead atoms. The molecule has 2 aromatic rings. The Bertz CT molecular complexity index is 827. The number of halogens is 2. The van der Waals surface area contributed by atoms with Crippen LogP contribution >= 0.6 is 15.9 Å². The molecule has 0 spiro atoms. The zero-order chi connectivity index (χ0) is 18.6. The lowest BCUT2D eigenvalue weighted by atomic mass is 10.2. The number of amides is 2. The first-order chi connectivity index (χ1) is 11.8. The molecule has 130 valence electrons. The fraction of sp³-hybridized carbons (Fsp3) is 0.125. The van der Waals surface area contributed by atoms with Gasteiger partial charge in [0.25, 0.3) is 11.6 Å². The lowest BCUT2D eigenvalue weighted by Gasteiger charge is -2.17. The second-order valence-electron chi connectivity index (χ2n) is 5.14. The van der Waals surface area contributed by atoms with Crippen molar-refractivity contribution < 1.29 is 18.9 Å². The van der Waals surface area contributed by atoms with Crippen molar-refractivity contribution in [2.75, 3.05) is 18.9 Å². The summed E-state index contributed by atoms with van der Waals surface area (Å²) in [6.07, 6.45) is 0. The number of carbonyl (C=O) groups is 2. The van der Waals surface area contributed by atoms with Gasteiger partial charge in [-0.3, -0.25) is 19.7 Å². The van der Waals surface area contributed by atoms with Gasteiger partial charge >= 0.3 is 0 Å². The molecule has 0 saturated carbocycles. The third-order valence-corrected chi connectivity index (χ3v) is 3.92. The number of nitrogens with zero attached hydrogens (tertiary/aromatic N) is 2. The fourth-order valence-corrected chi connectivity index (χ4v) is 2.42. The maximum Gasteiger partial charge on any atom is 0.284 e. The van der Waals surface area contributed by atoms with Gasteiger partial charge in [-0.25, -0.2) is 4.39 Å². The quantitative estimate of drug-likeness (QED) is 0.605. The van der Waals surface area contributed by atoms with Crippen LogP contribution in [0.2, 0.25) is 0 Å². The Balaban J connectivity index is 2.04. The summed E-state index contributed by atoms with van der Waals surface area (Å²) >= 11 is 3.04. The van der Waals surface area contributed by atoms with E-state index in [-0.39, 0.29) is 22.3 Å². The number of nitro benzene ring substituents is 1. The highest BCUT2D eigenvalue weighted by molar-refractivity contribution is 9.10. The average molecular weight is 410 g/mol. The summed E-state index contributed by atoms with van der Waals surface area (Å²) in [5.74, 6) is -1.44. The molecule has 2 rings (SSSR count). The minimum Gasteiger partial charge on any atom is -0.332 e. The van der Waals surface area contributed by atoms with Crippen molar-refractivity contribution in [1.82, 2.24) is 4.90 Å². The average Bonchev–Trinajstić information content (AvgIpc) is 2.56. The zero-order valence-electron chi connectivity index (χ0n) is 13.0. The van der Waals surface area contributed by atoms with Crippen LogP contribution in [0.1, 0.15) is 10.4 Å². The number of hydrogen-bond donors (Lipinski definition) is 1. The lowest BCUT2D eigenvalue weighted by Crippen LogP contribution is -2.34. The predicted molar refractivity (Wildman–Crippen MR) is 92.8 cm³/mol. The molecule has 0 unspecified atom stereocenters. The Labute approximate surface area is 150 Å². The standard InChI is InChI=1S/C16H13BrFN3O4/c1-20(9-15(22)19-12-5-3-11(18)4-6-12)16(23)10-2-7-13(17)14(8-10)21(24)25/h2-8H,9H2,1H3,(H,19,22). The van der Waals surface area contributed by atoms with Crippen molar-refractivity contribution in [2.24, 2.45) is 0 Å². The summed E-state index contributed by atoms with van der Waals surface area (Å²) < 4.78 is 13.1. The summed E-state index contributed by atoms with van der Waals surface area (Å²) in [5, 5.41) is 13.5. The largest absolute Gasteiger partial charge is 0.332 e. The summed E-state index contributed by atoms with van der Waals surface area (Å²) in [6.45, 7) is -0.264.